The van der Waals surface area contributed by atoms with E-state index < -0.39 is 0 Å². The van der Waals surface area contributed by atoms with Crippen LogP contribution in [0.4, 0.5) is 0 Å². The van der Waals surface area contributed by atoms with Crippen molar-refractivity contribution in [2.75, 3.05) is 26.7 Å². The molecule has 1 aliphatic rings. The van der Waals surface area contributed by atoms with Crippen LogP contribution in [0.15, 0.2) is 22.7 Å². The van der Waals surface area contributed by atoms with Crippen LogP contribution in [-0.2, 0) is 0 Å². The first-order valence-electron chi connectivity index (χ1n) is 6.35. The number of aromatic nitrogens is 2. The highest BCUT2D eigenvalue weighted by Crippen LogP contribution is 2.30. The number of nitrogens with one attached hydrogen (secondary N) is 1. The van der Waals surface area contributed by atoms with E-state index in [0.717, 1.165) is 19.6 Å². The molecule has 1 aromatic carbocycles. The zero-order valence-electron chi connectivity index (χ0n) is 10.9. The molecule has 1 fully saturated rings. The van der Waals surface area contributed by atoms with Gasteiger partial charge >= 0.3 is 0 Å². The van der Waals surface area contributed by atoms with Gasteiger partial charge in [0.25, 0.3) is 5.89 Å². The van der Waals surface area contributed by atoms with E-state index in [1.54, 1.807) is 18.2 Å². The Labute approximate surface area is 126 Å². The summed E-state index contributed by atoms with van der Waals surface area (Å²) in [4.78, 5) is 6.65. The molecule has 0 spiro atoms. The van der Waals surface area contributed by atoms with E-state index in [-0.39, 0.29) is 6.04 Å². The first-order valence-corrected chi connectivity index (χ1v) is 7.11. The summed E-state index contributed by atoms with van der Waals surface area (Å²) in [6.07, 6.45) is 0. The average Bonchev–Trinajstić information content (AvgIpc) is 2.91. The van der Waals surface area contributed by atoms with Gasteiger partial charge in [-0.1, -0.05) is 28.4 Å². The van der Waals surface area contributed by atoms with Crippen molar-refractivity contribution < 1.29 is 4.52 Å². The fourth-order valence-electron chi connectivity index (χ4n) is 2.24. The van der Waals surface area contributed by atoms with Gasteiger partial charge in [0.05, 0.1) is 16.6 Å². The van der Waals surface area contributed by atoms with E-state index in [9.17, 15) is 0 Å². The van der Waals surface area contributed by atoms with Gasteiger partial charge < -0.3 is 9.84 Å². The number of benzene rings is 1. The Morgan fingerprint density at radius 3 is 3.05 bits per heavy atom. The zero-order valence-corrected chi connectivity index (χ0v) is 12.4. The van der Waals surface area contributed by atoms with Crippen molar-refractivity contribution in [1.29, 1.82) is 0 Å². The van der Waals surface area contributed by atoms with Crippen molar-refractivity contribution in [2.24, 2.45) is 0 Å². The first-order chi connectivity index (χ1) is 9.65. The normalized spacial score (nSPS) is 20.2. The highest BCUT2D eigenvalue weighted by Gasteiger charge is 2.25. The van der Waals surface area contributed by atoms with Gasteiger partial charge in [0.15, 0.2) is 5.82 Å². The van der Waals surface area contributed by atoms with Crippen LogP contribution in [0.25, 0.3) is 11.5 Å². The molecule has 1 aliphatic heterocycles. The molecule has 20 heavy (non-hydrogen) atoms. The lowest BCUT2D eigenvalue weighted by molar-refractivity contribution is 0.190. The van der Waals surface area contributed by atoms with Gasteiger partial charge in [-0.2, -0.15) is 4.98 Å². The highest BCUT2D eigenvalue weighted by molar-refractivity contribution is 6.35. The Hall–Kier alpha value is -1.14. The van der Waals surface area contributed by atoms with Crippen LogP contribution >= 0.6 is 23.2 Å². The maximum Gasteiger partial charge on any atom is 0.259 e. The lowest BCUT2D eigenvalue weighted by atomic mass is 10.2. The van der Waals surface area contributed by atoms with Gasteiger partial charge in [-0.3, -0.25) is 4.90 Å². The van der Waals surface area contributed by atoms with Gasteiger partial charge in [-0.05, 0) is 25.2 Å². The second-order valence-electron chi connectivity index (χ2n) is 4.78. The number of piperazine rings is 1. The van der Waals surface area contributed by atoms with E-state index >= 15 is 0 Å². The first kappa shape index (κ1) is 13.8. The molecule has 3 rings (SSSR count). The van der Waals surface area contributed by atoms with E-state index in [0.29, 0.717) is 27.3 Å². The maximum absolute atomic E-state index is 6.15. The van der Waals surface area contributed by atoms with Gasteiger partial charge in [0, 0.05) is 24.7 Å². The summed E-state index contributed by atoms with van der Waals surface area (Å²) >= 11 is 12.1. The van der Waals surface area contributed by atoms with Crippen LogP contribution in [0.2, 0.25) is 10.0 Å². The predicted molar refractivity (Wildman–Crippen MR) is 78.0 cm³/mol. The third-order valence-electron chi connectivity index (χ3n) is 3.41. The summed E-state index contributed by atoms with van der Waals surface area (Å²) in [6.45, 7) is 2.73. The van der Waals surface area contributed by atoms with E-state index in [4.69, 9.17) is 27.7 Å². The summed E-state index contributed by atoms with van der Waals surface area (Å²) in [5, 5.41) is 8.52. The monoisotopic (exact) mass is 312 g/mol. The molecule has 1 N–H and O–H groups in total. The van der Waals surface area contributed by atoms with E-state index in [2.05, 4.69) is 20.4 Å². The minimum Gasteiger partial charge on any atom is -0.334 e. The lowest BCUT2D eigenvalue weighted by Gasteiger charge is -2.30. The van der Waals surface area contributed by atoms with Crippen LogP contribution < -0.4 is 5.32 Å². The molecule has 5 nitrogen and oxygen atoms in total. The minimum atomic E-state index is 0.110. The number of hydrogen-bond donors (Lipinski definition) is 1. The molecule has 0 bridgehead atoms. The van der Waals surface area contributed by atoms with Crippen molar-refractivity contribution >= 4 is 23.2 Å². The number of halogens is 2. The Morgan fingerprint density at radius 1 is 1.40 bits per heavy atom. The number of rotatable bonds is 2. The summed E-state index contributed by atoms with van der Waals surface area (Å²) in [5.41, 5.74) is 0.657. The Kier molecular flexibility index (Phi) is 3.94. The maximum atomic E-state index is 6.15. The van der Waals surface area contributed by atoms with Gasteiger partial charge in [0.1, 0.15) is 0 Å². The molecule has 7 heteroatoms. The van der Waals surface area contributed by atoms with Crippen LogP contribution in [0.3, 0.4) is 0 Å². The fraction of sp³-hybridized carbons (Fsp3) is 0.385. The Balaban J connectivity index is 1.91. The van der Waals surface area contributed by atoms with Crippen molar-refractivity contribution in [2.45, 2.75) is 6.04 Å². The number of likely N-dealkylation sites (N-methyl/N-ethyl adjacent to an activating group) is 1. The van der Waals surface area contributed by atoms with E-state index in [1.807, 2.05) is 7.05 Å². The third kappa shape index (κ3) is 2.67. The summed E-state index contributed by atoms with van der Waals surface area (Å²) in [7, 11) is 2.05. The Morgan fingerprint density at radius 2 is 2.25 bits per heavy atom. The number of hydrogen-bond acceptors (Lipinski definition) is 5. The summed E-state index contributed by atoms with van der Waals surface area (Å²) in [6, 6.07) is 5.28. The zero-order chi connectivity index (χ0) is 14.1. The topological polar surface area (TPSA) is 54.2 Å². The Bertz CT molecular complexity index is 616. The molecule has 1 aromatic heterocycles. The van der Waals surface area contributed by atoms with Gasteiger partial charge in [0.2, 0.25) is 0 Å². The van der Waals surface area contributed by atoms with Crippen LogP contribution in [0, 0.1) is 0 Å². The van der Waals surface area contributed by atoms with Crippen molar-refractivity contribution in [3.8, 4) is 11.5 Å². The molecule has 0 saturated carbocycles. The third-order valence-corrected chi connectivity index (χ3v) is 3.97. The summed E-state index contributed by atoms with van der Waals surface area (Å²) in [5.74, 6) is 1.05. The second-order valence-corrected chi connectivity index (χ2v) is 5.63. The second kappa shape index (κ2) is 5.69. The van der Waals surface area contributed by atoms with Crippen molar-refractivity contribution in [3.05, 3.63) is 34.1 Å². The largest absolute Gasteiger partial charge is 0.334 e. The molecule has 106 valence electrons. The molecule has 2 heterocycles. The molecule has 1 saturated heterocycles. The lowest BCUT2D eigenvalue weighted by Crippen LogP contribution is -2.44. The van der Waals surface area contributed by atoms with Crippen molar-refractivity contribution in [3.63, 3.8) is 0 Å². The molecule has 0 radical (unpaired) electrons. The minimum absolute atomic E-state index is 0.110. The fourth-order valence-corrected chi connectivity index (χ4v) is 2.61. The molecule has 2 aromatic rings. The van der Waals surface area contributed by atoms with Gasteiger partial charge in [-0.25, -0.2) is 0 Å². The predicted octanol–water partition coefficient (Wildman–Crippen LogP) is 2.62. The molecule has 0 aliphatic carbocycles. The van der Waals surface area contributed by atoms with E-state index in [1.165, 1.54) is 0 Å². The highest BCUT2D eigenvalue weighted by atomic mass is 35.5. The number of nitrogens with zero attached hydrogens (tertiary/aromatic N) is 3. The SMILES string of the molecule is CN1CCNCC1c1noc(-c2cc(Cl)ccc2Cl)n1. The standard InChI is InChI=1S/C13H14Cl2N4O/c1-19-5-4-16-7-11(19)12-17-13(20-18-12)9-6-8(14)2-3-10(9)15/h2-3,6,11,16H,4-5,7H2,1H3. The summed E-state index contributed by atoms with van der Waals surface area (Å²) < 4.78 is 5.33. The smallest absolute Gasteiger partial charge is 0.259 e. The molecular formula is C13H14Cl2N4O. The van der Waals surface area contributed by atoms with Crippen molar-refractivity contribution in [1.82, 2.24) is 20.4 Å². The molecule has 1 atom stereocenters. The molecular weight excluding hydrogens is 299 g/mol. The molecule has 0 amide bonds. The van der Waals surface area contributed by atoms with Crippen LogP contribution in [0.5, 0.6) is 0 Å². The molecule has 1 unspecified atom stereocenters. The van der Waals surface area contributed by atoms with Gasteiger partial charge in [-0.15, -0.1) is 0 Å². The average molecular weight is 313 g/mol. The van der Waals surface area contributed by atoms with Crippen LogP contribution in [-0.4, -0.2) is 41.7 Å². The quantitative estimate of drug-likeness (QED) is 0.924. The van der Waals surface area contributed by atoms with Crippen LogP contribution in [0.1, 0.15) is 11.9 Å².